The lowest BCUT2D eigenvalue weighted by Crippen LogP contribution is -2.40. The molecule has 0 unspecified atom stereocenters. The maximum atomic E-state index is 12.9. The van der Waals surface area contributed by atoms with E-state index in [4.69, 9.17) is 15.7 Å². The minimum Gasteiger partial charge on any atom is -0.473 e. The van der Waals surface area contributed by atoms with Gasteiger partial charge in [-0.2, -0.15) is 19.1 Å². The largest absolute Gasteiger partial charge is 0.473 e. The third kappa shape index (κ3) is 5.13. The summed E-state index contributed by atoms with van der Waals surface area (Å²) < 4.78 is 33.5. The second-order valence-corrected chi connectivity index (χ2v) is 8.25. The van der Waals surface area contributed by atoms with E-state index in [1.807, 2.05) is 0 Å². The first kappa shape index (κ1) is 23.9. The Morgan fingerprint density at radius 2 is 1.89 bits per heavy atom. The van der Waals surface area contributed by atoms with Crippen molar-refractivity contribution in [3.63, 3.8) is 0 Å². The van der Waals surface area contributed by atoms with Gasteiger partial charge in [0, 0.05) is 12.2 Å². The predicted octanol–water partition coefficient (Wildman–Crippen LogP) is 2.86. The van der Waals surface area contributed by atoms with Gasteiger partial charge in [0.1, 0.15) is 11.7 Å². The van der Waals surface area contributed by atoms with Gasteiger partial charge in [-0.25, -0.2) is 9.36 Å². The van der Waals surface area contributed by atoms with Gasteiger partial charge in [-0.15, -0.1) is 5.10 Å². The molecule has 1 saturated carbocycles. The highest BCUT2D eigenvalue weighted by Gasteiger charge is 2.28. The fraction of sp³-hybridized carbons (Fsp3) is 0.348. The predicted molar refractivity (Wildman–Crippen MR) is 119 cm³/mol. The number of nitrogens with one attached hydrogen (secondary N) is 1. The molecule has 0 spiro atoms. The second-order valence-electron chi connectivity index (χ2n) is 8.25. The van der Waals surface area contributed by atoms with Crippen molar-refractivity contribution < 1.29 is 23.1 Å². The van der Waals surface area contributed by atoms with E-state index >= 15 is 0 Å². The molecule has 0 saturated heterocycles. The molecule has 10 nitrogen and oxygen atoms in total. The zero-order valence-corrected chi connectivity index (χ0v) is 18.8. The molecule has 3 aromatic rings. The van der Waals surface area contributed by atoms with Crippen molar-refractivity contribution >= 4 is 11.8 Å². The second kappa shape index (κ2) is 9.92. The summed E-state index contributed by atoms with van der Waals surface area (Å²) in [5, 5.41) is 19.9. The molecule has 2 heterocycles. The number of ether oxygens (including phenoxy) is 1. The number of carbonyl (C=O) groups excluding carboxylic acids is 2. The molecule has 0 bridgehead atoms. The van der Waals surface area contributed by atoms with Gasteiger partial charge in [-0.1, -0.05) is 0 Å². The van der Waals surface area contributed by atoms with E-state index in [2.05, 4.69) is 21.6 Å². The Balaban J connectivity index is 1.35. The number of nitrogens with two attached hydrogens (primary N) is 1. The number of amides is 2. The number of benzene rings is 1. The summed E-state index contributed by atoms with van der Waals surface area (Å²) in [7, 11) is 0. The number of nitriles is 1. The van der Waals surface area contributed by atoms with Gasteiger partial charge >= 0.3 is 6.55 Å². The average Bonchev–Trinajstić information content (AvgIpc) is 3.44. The standard InChI is InChI=1S/C23H23F2N7O3/c1-13-18(11-28-32(13)16-6-2-14(10-26)3-7-16)21(34)29-15-4-8-17(9-5-15)35-22-19(20(27)33)12-31(30-22)23(24)25/h2-3,6-7,11-12,15,17,23H,4-5,8-9H2,1H3,(H2,27,33)(H,29,34)/t15-,17-. The first-order valence-corrected chi connectivity index (χ1v) is 11.0. The molecule has 4 rings (SSSR count). The first-order chi connectivity index (χ1) is 16.8. The van der Waals surface area contributed by atoms with Crippen molar-refractivity contribution in [3.05, 3.63) is 59.0 Å². The zero-order chi connectivity index (χ0) is 25.1. The van der Waals surface area contributed by atoms with Gasteiger partial charge in [0.2, 0.25) is 5.88 Å². The summed E-state index contributed by atoms with van der Waals surface area (Å²) in [6, 6.07) is 8.84. The van der Waals surface area contributed by atoms with Crippen molar-refractivity contribution in [1.82, 2.24) is 24.9 Å². The van der Waals surface area contributed by atoms with Crippen LogP contribution in [0.25, 0.3) is 5.69 Å². The highest BCUT2D eigenvalue weighted by Crippen LogP contribution is 2.27. The van der Waals surface area contributed by atoms with Crippen molar-refractivity contribution in [2.24, 2.45) is 5.73 Å². The fourth-order valence-corrected chi connectivity index (χ4v) is 4.05. The van der Waals surface area contributed by atoms with Crippen LogP contribution in [0.2, 0.25) is 0 Å². The van der Waals surface area contributed by atoms with E-state index in [0.717, 1.165) is 11.9 Å². The van der Waals surface area contributed by atoms with Gasteiger partial charge in [-0.3, -0.25) is 9.59 Å². The monoisotopic (exact) mass is 483 g/mol. The third-order valence-corrected chi connectivity index (χ3v) is 5.95. The van der Waals surface area contributed by atoms with Crippen LogP contribution in [-0.2, 0) is 0 Å². The Morgan fingerprint density at radius 3 is 2.49 bits per heavy atom. The van der Waals surface area contributed by atoms with Crippen LogP contribution in [0.4, 0.5) is 8.78 Å². The van der Waals surface area contributed by atoms with E-state index in [0.29, 0.717) is 47.2 Å². The van der Waals surface area contributed by atoms with Crippen LogP contribution in [0.5, 0.6) is 5.88 Å². The molecule has 1 aliphatic carbocycles. The van der Waals surface area contributed by atoms with E-state index < -0.39 is 12.5 Å². The lowest BCUT2D eigenvalue weighted by molar-refractivity contribution is 0.0528. The number of hydrogen-bond donors (Lipinski definition) is 2. The number of hydrogen-bond acceptors (Lipinski definition) is 6. The summed E-state index contributed by atoms with van der Waals surface area (Å²) in [5.74, 6) is -1.36. The minimum atomic E-state index is -2.92. The Kier molecular flexibility index (Phi) is 6.77. The van der Waals surface area contributed by atoms with Crippen molar-refractivity contribution in [1.29, 1.82) is 5.26 Å². The topological polar surface area (TPSA) is 141 Å². The molecule has 1 aromatic carbocycles. The Labute approximate surface area is 199 Å². The lowest BCUT2D eigenvalue weighted by atomic mass is 9.92. The van der Waals surface area contributed by atoms with Crippen LogP contribution in [0, 0.1) is 18.3 Å². The number of primary amides is 1. The quantitative estimate of drug-likeness (QED) is 0.529. The van der Waals surface area contributed by atoms with E-state index in [9.17, 15) is 18.4 Å². The SMILES string of the molecule is Cc1c(C(=O)N[C@H]2CC[C@H](Oc3nn(C(F)F)cc3C(N)=O)CC2)cnn1-c1ccc(C#N)cc1. The van der Waals surface area contributed by atoms with Crippen LogP contribution in [0.3, 0.4) is 0 Å². The molecule has 3 N–H and O–H groups in total. The van der Waals surface area contributed by atoms with Crippen molar-refractivity contribution in [2.75, 3.05) is 0 Å². The number of aromatic nitrogens is 4. The zero-order valence-electron chi connectivity index (χ0n) is 18.8. The van der Waals surface area contributed by atoms with E-state index in [1.165, 1.54) is 6.20 Å². The molecule has 0 atom stereocenters. The van der Waals surface area contributed by atoms with Gasteiger partial charge in [-0.05, 0) is 56.9 Å². The van der Waals surface area contributed by atoms with Gasteiger partial charge in [0.15, 0.2) is 0 Å². The molecule has 0 aliphatic heterocycles. The van der Waals surface area contributed by atoms with Crippen LogP contribution in [-0.4, -0.2) is 43.5 Å². The fourth-order valence-electron chi connectivity index (χ4n) is 4.05. The van der Waals surface area contributed by atoms with Crippen molar-refractivity contribution in [3.8, 4) is 17.6 Å². The number of carbonyl (C=O) groups is 2. The molecular formula is C23H23F2N7O3. The van der Waals surface area contributed by atoms with Crippen molar-refractivity contribution in [2.45, 2.75) is 51.3 Å². The summed E-state index contributed by atoms with van der Waals surface area (Å²) in [6.45, 7) is -1.12. The maximum Gasteiger partial charge on any atom is 0.333 e. The van der Waals surface area contributed by atoms with E-state index in [1.54, 1.807) is 35.9 Å². The van der Waals surface area contributed by atoms with Crippen LogP contribution in [0.1, 0.15) is 64.2 Å². The number of rotatable bonds is 7. The molecule has 0 radical (unpaired) electrons. The van der Waals surface area contributed by atoms with Crippen LogP contribution < -0.4 is 15.8 Å². The molecule has 1 fully saturated rings. The summed E-state index contributed by atoms with van der Waals surface area (Å²) in [6.07, 6.45) is 4.30. The normalized spacial score (nSPS) is 17.7. The Hall–Kier alpha value is -4.27. The van der Waals surface area contributed by atoms with Gasteiger partial charge in [0.05, 0.1) is 34.8 Å². The minimum absolute atomic E-state index is 0.103. The summed E-state index contributed by atoms with van der Waals surface area (Å²) >= 11 is 0. The van der Waals surface area contributed by atoms with Crippen LogP contribution in [0.15, 0.2) is 36.7 Å². The molecule has 1 aliphatic rings. The Morgan fingerprint density at radius 1 is 1.20 bits per heavy atom. The average molecular weight is 483 g/mol. The molecule has 35 heavy (non-hydrogen) atoms. The highest BCUT2D eigenvalue weighted by molar-refractivity contribution is 5.95. The number of nitrogens with zero attached hydrogens (tertiary/aromatic N) is 5. The van der Waals surface area contributed by atoms with Crippen LogP contribution >= 0.6 is 0 Å². The summed E-state index contributed by atoms with van der Waals surface area (Å²) in [4.78, 5) is 24.4. The van der Waals surface area contributed by atoms with E-state index in [-0.39, 0.29) is 29.5 Å². The van der Waals surface area contributed by atoms with Gasteiger partial charge < -0.3 is 15.8 Å². The first-order valence-electron chi connectivity index (χ1n) is 11.0. The molecular weight excluding hydrogens is 460 g/mol. The Bertz CT molecular complexity index is 1270. The molecule has 2 amide bonds. The molecule has 12 heteroatoms. The third-order valence-electron chi connectivity index (χ3n) is 5.95. The lowest BCUT2D eigenvalue weighted by Gasteiger charge is -2.29. The van der Waals surface area contributed by atoms with Gasteiger partial charge in [0.25, 0.3) is 11.8 Å². The molecule has 182 valence electrons. The highest BCUT2D eigenvalue weighted by atomic mass is 19.3. The molecule has 2 aromatic heterocycles. The smallest absolute Gasteiger partial charge is 0.333 e. The summed E-state index contributed by atoms with van der Waals surface area (Å²) in [5.41, 5.74) is 7.42. The number of halogens is 2. The number of alkyl halides is 2. The maximum absolute atomic E-state index is 12.9.